The van der Waals surface area contributed by atoms with E-state index in [0.29, 0.717) is 0 Å². The van der Waals surface area contributed by atoms with Crippen LogP contribution in [0.25, 0.3) is 0 Å². The number of alkyl halides is 12. The van der Waals surface area contributed by atoms with Crippen LogP contribution in [-0.4, -0.2) is 30.4 Å². The van der Waals surface area contributed by atoms with E-state index >= 15 is 0 Å². The number of halogens is 12. The second kappa shape index (κ2) is 5.58. The van der Waals surface area contributed by atoms with E-state index in [9.17, 15) is 52.7 Å². The Morgan fingerprint density at radius 3 is 0.500 bits per heavy atom. The van der Waals surface area contributed by atoms with Crippen molar-refractivity contribution in [2.75, 3.05) is 0 Å². The van der Waals surface area contributed by atoms with Gasteiger partial charge in [0.25, 0.3) is 24.3 Å². The minimum absolute atomic E-state index is 0. The van der Waals surface area contributed by atoms with Crippen molar-refractivity contribution >= 4 is 6.15 Å². The van der Waals surface area contributed by atoms with Gasteiger partial charge < -0.3 is 0 Å². The maximum Gasteiger partial charge on any atom is 1.00 e. The Morgan fingerprint density at radius 1 is 0.389 bits per heavy atom. The van der Waals surface area contributed by atoms with Gasteiger partial charge in [-0.2, -0.15) is 0 Å². The van der Waals surface area contributed by atoms with Gasteiger partial charge in [-0.25, -0.2) is 52.7 Å². The molecule has 104 valence electrons. The van der Waals surface area contributed by atoms with Crippen molar-refractivity contribution in [1.82, 2.24) is 0 Å². The van der Waals surface area contributed by atoms with E-state index in [4.69, 9.17) is 0 Å². The summed E-state index contributed by atoms with van der Waals surface area (Å²) in [5.74, 6) is 0. The van der Waals surface area contributed by atoms with E-state index in [1.54, 1.807) is 0 Å². The molecule has 0 bridgehead atoms. The Balaban J connectivity index is 0. The quantitative estimate of drug-likeness (QED) is 0.403. The predicted molar refractivity (Wildman–Crippen MR) is 30.0 cm³/mol. The second-order valence-electron chi connectivity index (χ2n) is 3.03. The number of rotatable bonds is 0. The summed E-state index contributed by atoms with van der Waals surface area (Å²) in [4.78, 5) is 0. The molecule has 0 aliphatic carbocycles. The Hall–Kier alpha value is 1.28. The zero-order valence-electron chi connectivity index (χ0n) is 8.11. The largest absolute Gasteiger partial charge is 1.00 e. The van der Waals surface area contributed by atoms with E-state index in [2.05, 4.69) is 0 Å². The molecule has 0 nitrogen and oxygen atoms in total. The van der Waals surface area contributed by atoms with Gasteiger partial charge >= 0.3 is 75.0 Å². The molecule has 0 heterocycles. The first kappa shape index (κ1) is 21.6. The van der Waals surface area contributed by atoms with Crippen molar-refractivity contribution < 1.29 is 122 Å². The topological polar surface area (TPSA) is 0 Å². The molecule has 0 aromatic heterocycles. The fourth-order valence-electron chi connectivity index (χ4n) is 1.11. The molecular formula is C4BCsF12. The summed E-state index contributed by atoms with van der Waals surface area (Å²) in [5, 5.41) is 0. The fraction of sp³-hybridized carbons (Fsp3) is 1.00. The summed E-state index contributed by atoms with van der Waals surface area (Å²) < 4.78 is 141. The Bertz CT molecular complexity index is 217. The third-order valence-corrected chi connectivity index (χ3v) is 1.96. The minimum atomic E-state index is -8.58. The average Bonchev–Trinajstić information content (AvgIpc) is 1.67. The third kappa shape index (κ3) is 3.29. The first-order valence-electron chi connectivity index (χ1n) is 3.42. The zero-order valence-corrected chi connectivity index (χ0v) is 14.4. The van der Waals surface area contributed by atoms with Crippen molar-refractivity contribution in [3.63, 3.8) is 0 Å². The van der Waals surface area contributed by atoms with Gasteiger partial charge in [-0.1, -0.05) is 0 Å². The summed E-state index contributed by atoms with van der Waals surface area (Å²) in [6.07, 6.45) is -38.8. The predicted octanol–water partition coefficient (Wildman–Crippen LogP) is 0.845. The SMILES string of the molecule is FC(F)(F)[B-](C(F)(F)F)(C(F)(F)F)C(F)(F)F.[Cs+]. The van der Waals surface area contributed by atoms with E-state index < -0.39 is 30.4 Å². The molecule has 0 fully saturated rings. The van der Waals surface area contributed by atoms with Crippen molar-refractivity contribution in [2.24, 2.45) is 0 Å². The molecule has 0 N–H and O–H groups in total. The maximum absolute atomic E-state index is 11.7. The molecular weight excluding hydrogens is 420 g/mol. The summed E-state index contributed by atoms with van der Waals surface area (Å²) in [6, 6.07) is 0. The third-order valence-electron chi connectivity index (χ3n) is 1.96. The Labute approximate surface area is 150 Å². The van der Waals surface area contributed by atoms with Crippen LogP contribution >= 0.6 is 0 Å². The van der Waals surface area contributed by atoms with Crippen molar-refractivity contribution in [3.05, 3.63) is 0 Å². The molecule has 0 atom stereocenters. The van der Waals surface area contributed by atoms with Gasteiger partial charge in [-0.3, -0.25) is 0 Å². The van der Waals surface area contributed by atoms with Gasteiger partial charge in [0.15, 0.2) is 0 Å². The molecule has 0 spiro atoms. The molecule has 0 aromatic carbocycles. The second-order valence-corrected chi connectivity index (χ2v) is 3.03. The Morgan fingerprint density at radius 2 is 0.500 bits per heavy atom. The molecule has 0 saturated heterocycles. The minimum Gasteiger partial charge on any atom is -0.215 e. The van der Waals surface area contributed by atoms with Crippen LogP contribution in [0, 0.1) is 0 Å². The molecule has 0 aliphatic rings. The molecule has 0 unspecified atom stereocenters. The molecule has 0 aromatic rings. The first-order chi connectivity index (χ1) is 7.00. The molecule has 0 rings (SSSR count). The van der Waals surface area contributed by atoms with Crippen molar-refractivity contribution in [3.8, 4) is 0 Å². The monoisotopic (exact) mass is 420 g/mol. The van der Waals surface area contributed by atoms with Crippen LogP contribution < -0.4 is 68.9 Å². The average molecular weight is 420 g/mol. The molecule has 0 aliphatic heterocycles. The number of hydrogen-bond donors (Lipinski definition) is 0. The van der Waals surface area contributed by atoms with Gasteiger partial charge in [0.1, 0.15) is 0 Å². The van der Waals surface area contributed by atoms with Crippen LogP contribution in [0.4, 0.5) is 52.7 Å². The van der Waals surface area contributed by atoms with Crippen LogP contribution in [0.15, 0.2) is 0 Å². The van der Waals surface area contributed by atoms with Crippen molar-refractivity contribution in [2.45, 2.75) is 24.3 Å². The maximum atomic E-state index is 11.7. The van der Waals surface area contributed by atoms with Crippen LogP contribution in [0.5, 0.6) is 0 Å². The molecule has 0 radical (unpaired) electrons. The normalized spacial score (nSPS) is 15.3. The van der Waals surface area contributed by atoms with Crippen LogP contribution in [-0.2, 0) is 0 Å². The van der Waals surface area contributed by atoms with E-state index in [1.165, 1.54) is 0 Å². The zero-order chi connectivity index (χ0) is 14.5. The van der Waals surface area contributed by atoms with Gasteiger partial charge in [-0.15, -0.1) is 0 Å². The van der Waals surface area contributed by atoms with Crippen LogP contribution in [0.1, 0.15) is 0 Å². The molecule has 14 heteroatoms. The smallest absolute Gasteiger partial charge is 0.215 e. The molecule has 0 amide bonds. The summed E-state index contributed by atoms with van der Waals surface area (Å²) in [6.45, 7) is 0. The summed E-state index contributed by atoms with van der Waals surface area (Å²) in [5.41, 5.74) is 0. The molecule has 0 saturated carbocycles. The standard InChI is InChI=1S/C4BF12.Cs/c6-1(7,8)5(2(9,10)11,3(12,13)14)4(15,16)17;/q-1;+1. The first-order valence-corrected chi connectivity index (χ1v) is 3.42. The molecule has 18 heavy (non-hydrogen) atoms. The van der Waals surface area contributed by atoms with Gasteiger partial charge in [0.05, 0.1) is 0 Å². The number of hydrogen-bond acceptors (Lipinski definition) is 0. The van der Waals surface area contributed by atoms with Gasteiger partial charge in [0, 0.05) is 0 Å². The van der Waals surface area contributed by atoms with E-state index in [0.717, 1.165) is 0 Å². The van der Waals surface area contributed by atoms with Crippen LogP contribution in [0.3, 0.4) is 0 Å². The van der Waals surface area contributed by atoms with Crippen molar-refractivity contribution in [1.29, 1.82) is 0 Å². The van der Waals surface area contributed by atoms with E-state index in [1.807, 2.05) is 0 Å². The Kier molecular flexibility index (Phi) is 6.68. The van der Waals surface area contributed by atoms with Crippen LogP contribution in [0.2, 0.25) is 0 Å². The summed E-state index contributed by atoms with van der Waals surface area (Å²) in [7, 11) is 0. The fourth-order valence-corrected chi connectivity index (χ4v) is 1.11. The van der Waals surface area contributed by atoms with Gasteiger partial charge in [-0.05, 0) is 0 Å². The van der Waals surface area contributed by atoms with E-state index in [-0.39, 0.29) is 68.9 Å². The van der Waals surface area contributed by atoms with Gasteiger partial charge in [0.2, 0.25) is 0 Å². The summed E-state index contributed by atoms with van der Waals surface area (Å²) >= 11 is 0.